The lowest BCUT2D eigenvalue weighted by molar-refractivity contribution is -0.122. The van der Waals surface area contributed by atoms with Crippen LogP contribution in [0.1, 0.15) is 59.6 Å². The lowest BCUT2D eigenvalue weighted by Crippen LogP contribution is -2.54. The monoisotopic (exact) mass is 515 g/mol. The van der Waals surface area contributed by atoms with Gasteiger partial charge in [0.15, 0.2) is 5.11 Å². The molecule has 0 unspecified atom stereocenters. The van der Waals surface area contributed by atoms with E-state index in [1.807, 2.05) is 54.8 Å². The summed E-state index contributed by atoms with van der Waals surface area (Å²) in [5, 5.41) is 2.69. The zero-order chi connectivity index (χ0) is 26.9. The van der Waals surface area contributed by atoms with Crippen molar-refractivity contribution in [3.05, 3.63) is 88.2 Å². The van der Waals surface area contributed by atoms with E-state index in [1.165, 1.54) is 4.90 Å². The minimum absolute atomic E-state index is 0.0120. The Morgan fingerprint density at radius 1 is 1.05 bits per heavy atom. The summed E-state index contributed by atoms with van der Waals surface area (Å²) in [5.41, 5.74) is 5.34. The number of nitrogens with one attached hydrogen (secondary N) is 1. The number of thiocarbonyl (C=S) groups is 1. The van der Waals surface area contributed by atoms with E-state index in [1.54, 1.807) is 31.2 Å². The average Bonchev–Trinajstić information content (AvgIpc) is 3.14. The summed E-state index contributed by atoms with van der Waals surface area (Å²) in [6, 6.07) is 16.6. The quantitative estimate of drug-likeness (QED) is 0.211. The normalized spacial score (nSPS) is 14.9. The second kappa shape index (κ2) is 10.5. The molecule has 7 nitrogen and oxygen atoms in total. The van der Waals surface area contributed by atoms with Gasteiger partial charge in [0.25, 0.3) is 11.8 Å². The Kier molecular flexibility index (Phi) is 7.40. The highest BCUT2D eigenvalue weighted by Gasteiger charge is 2.34. The minimum atomic E-state index is -0.542. The number of amides is 2. The van der Waals surface area contributed by atoms with E-state index in [-0.39, 0.29) is 10.7 Å². The molecule has 1 N–H and O–H groups in total. The molecule has 2 aromatic carbocycles. The van der Waals surface area contributed by atoms with Crippen molar-refractivity contribution in [2.24, 2.45) is 0 Å². The van der Waals surface area contributed by atoms with E-state index in [2.05, 4.69) is 19.2 Å². The molecule has 1 aromatic heterocycles. The van der Waals surface area contributed by atoms with Crippen molar-refractivity contribution in [3.8, 4) is 5.69 Å². The lowest BCUT2D eigenvalue weighted by atomic mass is 10.0. The number of nitrogens with zero attached hydrogens (tertiary/aromatic N) is 2. The van der Waals surface area contributed by atoms with E-state index < -0.39 is 17.8 Å². The molecule has 2 amide bonds. The first-order chi connectivity index (χ1) is 17.6. The molecule has 0 bridgehead atoms. The van der Waals surface area contributed by atoms with Gasteiger partial charge >= 0.3 is 5.97 Å². The Morgan fingerprint density at radius 3 is 2.41 bits per heavy atom. The highest BCUT2D eigenvalue weighted by molar-refractivity contribution is 7.80. The number of hydrogen-bond acceptors (Lipinski definition) is 5. The van der Waals surface area contributed by atoms with Gasteiger partial charge in [-0.05, 0) is 92.5 Å². The first-order valence-corrected chi connectivity index (χ1v) is 12.5. The second-order valence-electron chi connectivity index (χ2n) is 9.14. The molecule has 1 saturated heterocycles. The molecule has 37 heavy (non-hydrogen) atoms. The highest BCUT2D eigenvalue weighted by atomic mass is 32.1. The average molecular weight is 516 g/mol. The third-order valence-corrected chi connectivity index (χ3v) is 6.59. The molecule has 0 atom stereocenters. The summed E-state index contributed by atoms with van der Waals surface area (Å²) in [4.78, 5) is 39.9. The topological polar surface area (TPSA) is 80.6 Å². The third-order valence-electron chi connectivity index (χ3n) is 6.31. The predicted molar refractivity (Wildman–Crippen MR) is 148 cm³/mol. The summed E-state index contributed by atoms with van der Waals surface area (Å²) in [7, 11) is 0. The minimum Gasteiger partial charge on any atom is -0.462 e. The van der Waals surface area contributed by atoms with Crippen LogP contribution in [0.25, 0.3) is 11.8 Å². The van der Waals surface area contributed by atoms with Gasteiger partial charge in [-0.3, -0.25) is 19.8 Å². The van der Waals surface area contributed by atoms with Crippen molar-refractivity contribution in [2.75, 3.05) is 11.5 Å². The van der Waals surface area contributed by atoms with Gasteiger partial charge in [0.05, 0.1) is 17.9 Å². The van der Waals surface area contributed by atoms with Crippen LogP contribution in [0.3, 0.4) is 0 Å². The SMILES string of the molecule is CCOC(=O)c1cccc(-n2c(C)cc(/C=C3\C(=O)NC(=S)N(c4ccc(C(C)C)cc4)C3=O)c2C)c1. The van der Waals surface area contributed by atoms with E-state index >= 15 is 0 Å². The fourth-order valence-electron chi connectivity index (χ4n) is 4.37. The molecule has 2 heterocycles. The van der Waals surface area contributed by atoms with Crippen LogP contribution in [-0.2, 0) is 14.3 Å². The van der Waals surface area contributed by atoms with E-state index in [4.69, 9.17) is 17.0 Å². The Morgan fingerprint density at radius 2 is 1.76 bits per heavy atom. The maximum atomic E-state index is 13.5. The number of benzene rings is 2. The number of carbonyl (C=O) groups is 3. The molecule has 4 rings (SSSR count). The molecule has 3 aromatic rings. The summed E-state index contributed by atoms with van der Waals surface area (Å²) < 4.78 is 7.09. The first-order valence-electron chi connectivity index (χ1n) is 12.1. The van der Waals surface area contributed by atoms with Crippen LogP contribution in [-0.4, -0.2) is 34.1 Å². The van der Waals surface area contributed by atoms with Crippen molar-refractivity contribution in [1.82, 2.24) is 9.88 Å². The van der Waals surface area contributed by atoms with Crippen molar-refractivity contribution in [3.63, 3.8) is 0 Å². The van der Waals surface area contributed by atoms with Crippen molar-refractivity contribution >= 4 is 46.9 Å². The Hall–Kier alpha value is -4.04. The van der Waals surface area contributed by atoms with Gasteiger partial charge in [0.1, 0.15) is 5.57 Å². The van der Waals surface area contributed by atoms with Gasteiger partial charge < -0.3 is 9.30 Å². The Bertz CT molecular complexity index is 1430. The van der Waals surface area contributed by atoms with Gasteiger partial charge in [-0.25, -0.2) is 4.79 Å². The van der Waals surface area contributed by atoms with Crippen molar-refractivity contribution in [2.45, 2.75) is 40.5 Å². The number of rotatable bonds is 6. The second-order valence-corrected chi connectivity index (χ2v) is 9.52. The van der Waals surface area contributed by atoms with Crippen LogP contribution in [0.15, 0.2) is 60.2 Å². The molecule has 0 saturated carbocycles. The number of esters is 1. The molecule has 1 aliphatic rings. The van der Waals surface area contributed by atoms with Crippen molar-refractivity contribution < 1.29 is 19.1 Å². The molecular formula is C29H29N3O4S. The maximum absolute atomic E-state index is 13.5. The number of carbonyl (C=O) groups excluding carboxylic acids is 3. The van der Waals surface area contributed by atoms with E-state index in [0.29, 0.717) is 29.3 Å². The van der Waals surface area contributed by atoms with Gasteiger partial charge in [0, 0.05) is 17.1 Å². The molecule has 8 heteroatoms. The molecular weight excluding hydrogens is 486 g/mol. The van der Waals surface area contributed by atoms with Crippen LogP contribution in [0.4, 0.5) is 5.69 Å². The van der Waals surface area contributed by atoms with E-state index in [0.717, 1.165) is 22.6 Å². The summed E-state index contributed by atoms with van der Waals surface area (Å²) in [5.74, 6) is -1.07. The largest absolute Gasteiger partial charge is 0.462 e. The van der Waals surface area contributed by atoms with Crippen LogP contribution in [0.5, 0.6) is 0 Å². The zero-order valence-corrected chi connectivity index (χ0v) is 22.3. The van der Waals surface area contributed by atoms with Crippen LogP contribution in [0, 0.1) is 13.8 Å². The molecule has 190 valence electrons. The van der Waals surface area contributed by atoms with Gasteiger partial charge in [-0.1, -0.05) is 32.0 Å². The zero-order valence-electron chi connectivity index (χ0n) is 21.5. The van der Waals surface area contributed by atoms with Crippen LogP contribution in [0.2, 0.25) is 0 Å². The third kappa shape index (κ3) is 5.11. The number of ether oxygens (including phenoxy) is 1. The first kappa shape index (κ1) is 26.0. The summed E-state index contributed by atoms with van der Waals surface area (Å²) >= 11 is 5.34. The highest BCUT2D eigenvalue weighted by Crippen LogP contribution is 2.27. The van der Waals surface area contributed by atoms with Crippen LogP contribution >= 0.6 is 12.2 Å². The molecule has 0 aliphatic carbocycles. The fraction of sp³-hybridized carbons (Fsp3) is 0.241. The molecule has 0 spiro atoms. The predicted octanol–water partition coefficient (Wildman–Crippen LogP) is 5.23. The number of aryl methyl sites for hydroxylation is 1. The maximum Gasteiger partial charge on any atom is 0.338 e. The Labute approximate surface area is 221 Å². The van der Waals surface area contributed by atoms with Gasteiger partial charge in [0.2, 0.25) is 0 Å². The van der Waals surface area contributed by atoms with E-state index in [9.17, 15) is 14.4 Å². The van der Waals surface area contributed by atoms with Crippen LogP contribution < -0.4 is 10.2 Å². The molecule has 1 fully saturated rings. The van der Waals surface area contributed by atoms with Gasteiger partial charge in [-0.2, -0.15) is 0 Å². The number of aromatic nitrogens is 1. The fourth-order valence-corrected chi connectivity index (χ4v) is 4.65. The molecule has 1 aliphatic heterocycles. The molecule has 0 radical (unpaired) electrons. The smallest absolute Gasteiger partial charge is 0.338 e. The standard InChI is InChI=1S/C29H29N3O4S/c1-6-36-28(35)21-8-7-9-24(15-21)31-18(4)14-22(19(31)5)16-25-26(33)30-29(37)32(27(25)34)23-12-10-20(11-13-23)17(2)3/h7-17H,6H2,1-5H3,(H,30,33,37)/b25-16+. The number of anilines is 1. The number of hydrogen-bond donors (Lipinski definition) is 1. The lowest BCUT2D eigenvalue weighted by Gasteiger charge is -2.29. The summed E-state index contributed by atoms with van der Waals surface area (Å²) in [6.45, 7) is 10.1. The Balaban J connectivity index is 1.71. The van der Waals surface area contributed by atoms with Crippen molar-refractivity contribution in [1.29, 1.82) is 0 Å². The summed E-state index contributed by atoms with van der Waals surface area (Å²) in [6.07, 6.45) is 1.59. The van der Waals surface area contributed by atoms with Gasteiger partial charge in [-0.15, -0.1) is 0 Å².